The van der Waals surface area contributed by atoms with Crippen LogP contribution in [0.5, 0.6) is 0 Å². The third kappa shape index (κ3) is 33.1. The van der Waals surface area contributed by atoms with Crippen LogP contribution >= 0.6 is 0 Å². The molecule has 0 aliphatic carbocycles. The third-order valence-electron chi connectivity index (χ3n) is 3.17. The van der Waals surface area contributed by atoms with Crippen molar-refractivity contribution >= 4 is 35.8 Å². The molecule has 17 N–H and O–H groups in total. The van der Waals surface area contributed by atoms with Gasteiger partial charge in [-0.05, 0) is 18.8 Å². The highest BCUT2D eigenvalue weighted by Gasteiger charge is 2.15. The molecule has 0 aliphatic heterocycles. The van der Waals surface area contributed by atoms with Crippen molar-refractivity contribution in [3.05, 3.63) is 0 Å². The standard InChI is InChI=1S/C6H14N4O2.C5H11NO2.C4H7NO4.C2H5NO2/c7-4(5(11)12)2-1-3-10-6(8)9;1-3(2)4(6)5(7)8;5-2(4(8)9)1-3(6)7;3-1-2(4)5/h4H,1-3,7H2,(H,11,12)(H4,8,9,10);3-4H,6H2,1-2H3,(H,7,8);2H,1,5H2,(H,6,7)(H,8,9);1,3H2,(H,4,5). The Morgan fingerprint density at radius 1 is 0.765 bits per heavy atom. The third-order valence-corrected chi connectivity index (χ3v) is 3.17. The maximum atomic E-state index is 10.2. The second-order valence-electron chi connectivity index (χ2n) is 6.64. The van der Waals surface area contributed by atoms with Crippen LogP contribution in [-0.2, 0) is 24.0 Å². The zero-order valence-electron chi connectivity index (χ0n) is 19.0. The lowest BCUT2D eigenvalue weighted by molar-refractivity contribution is -0.144. The molecule has 0 radical (unpaired) electrons. The van der Waals surface area contributed by atoms with Gasteiger partial charge in [-0.25, -0.2) is 0 Å². The number of hydrogen-bond acceptors (Lipinski definition) is 10. The molecule has 0 heterocycles. The lowest BCUT2D eigenvalue weighted by atomic mass is 10.1. The highest BCUT2D eigenvalue weighted by Crippen LogP contribution is 1.96. The zero-order valence-corrected chi connectivity index (χ0v) is 19.0. The van der Waals surface area contributed by atoms with E-state index in [1.807, 2.05) is 0 Å². The molecule has 0 rings (SSSR count). The van der Waals surface area contributed by atoms with Gasteiger partial charge in [0.15, 0.2) is 5.96 Å². The number of carboxylic acid groups (broad SMARTS) is 5. The van der Waals surface area contributed by atoms with Gasteiger partial charge in [-0.3, -0.25) is 29.0 Å². The zero-order chi connectivity index (χ0) is 28.0. The molecule has 0 aliphatic rings. The Balaban J connectivity index is -0.000000184. The molecular weight excluding hydrogens is 462 g/mol. The molecular formula is C17H37N7O10. The van der Waals surface area contributed by atoms with Gasteiger partial charge >= 0.3 is 29.8 Å². The lowest BCUT2D eigenvalue weighted by Crippen LogP contribution is -2.34. The molecule has 0 aromatic heterocycles. The predicted octanol–water partition coefficient (Wildman–Crippen LogP) is -3.59. The summed E-state index contributed by atoms with van der Waals surface area (Å²) in [6, 6.07) is -2.82. The van der Waals surface area contributed by atoms with E-state index >= 15 is 0 Å². The van der Waals surface area contributed by atoms with Crippen LogP contribution in [0, 0.1) is 5.92 Å². The first-order valence-corrected chi connectivity index (χ1v) is 9.54. The van der Waals surface area contributed by atoms with Gasteiger partial charge in [-0.2, -0.15) is 0 Å². The molecule has 0 amide bonds. The molecule has 0 saturated heterocycles. The molecule has 0 aromatic rings. The van der Waals surface area contributed by atoms with Crippen molar-refractivity contribution in [3.8, 4) is 0 Å². The Hall–Kier alpha value is -3.54. The minimum absolute atomic E-state index is 0.0129. The quantitative estimate of drug-likeness (QED) is 0.0742. The van der Waals surface area contributed by atoms with Gasteiger partial charge in [0.1, 0.15) is 18.1 Å². The van der Waals surface area contributed by atoms with E-state index in [1.54, 1.807) is 13.8 Å². The van der Waals surface area contributed by atoms with E-state index < -0.39 is 54.4 Å². The van der Waals surface area contributed by atoms with Gasteiger partial charge in [0.2, 0.25) is 0 Å². The van der Waals surface area contributed by atoms with Crippen molar-refractivity contribution in [1.82, 2.24) is 0 Å². The Morgan fingerprint density at radius 3 is 1.35 bits per heavy atom. The number of carbonyl (C=O) groups is 5. The topological polar surface area (TPSA) is 355 Å². The van der Waals surface area contributed by atoms with Crippen molar-refractivity contribution in [1.29, 1.82) is 0 Å². The Bertz CT molecular complexity index is 655. The smallest absolute Gasteiger partial charge is 0.321 e. The summed E-state index contributed by atoms with van der Waals surface area (Å²) < 4.78 is 0. The van der Waals surface area contributed by atoms with Crippen LogP contribution < -0.4 is 34.4 Å². The molecule has 0 fully saturated rings. The normalized spacial score (nSPS) is 12.0. The van der Waals surface area contributed by atoms with Gasteiger partial charge in [0, 0.05) is 6.54 Å². The first kappa shape index (κ1) is 37.8. The van der Waals surface area contributed by atoms with Crippen molar-refractivity contribution in [2.75, 3.05) is 13.1 Å². The van der Waals surface area contributed by atoms with Gasteiger partial charge in [0.05, 0.1) is 13.0 Å². The molecule has 0 spiro atoms. The predicted molar refractivity (Wildman–Crippen MR) is 121 cm³/mol. The molecule has 34 heavy (non-hydrogen) atoms. The monoisotopic (exact) mass is 499 g/mol. The molecule has 200 valence electrons. The highest BCUT2D eigenvalue weighted by molar-refractivity contribution is 5.80. The maximum Gasteiger partial charge on any atom is 0.321 e. The van der Waals surface area contributed by atoms with Crippen molar-refractivity contribution in [2.45, 2.75) is 51.2 Å². The number of rotatable bonds is 11. The van der Waals surface area contributed by atoms with E-state index in [-0.39, 0.29) is 18.4 Å². The van der Waals surface area contributed by atoms with Gasteiger partial charge in [-0.15, -0.1) is 0 Å². The number of carboxylic acids is 5. The summed E-state index contributed by atoms with van der Waals surface area (Å²) in [5.74, 6) is -5.36. The summed E-state index contributed by atoms with van der Waals surface area (Å²) >= 11 is 0. The lowest BCUT2D eigenvalue weighted by Gasteiger charge is -2.07. The number of nitrogens with two attached hydrogens (primary N) is 6. The van der Waals surface area contributed by atoms with Crippen molar-refractivity contribution < 1.29 is 49.5 Å². The van der Waals surface area contributed by atoms with E-state index in [9.17, 15) is 24.0 Å². The van der Waals surface area contributed by atoms with E-state index in [4.69, 9.17) is 54.2 Å². The van der Waals surface area contributed by atoms with Crippen LogP contribution in [0.1, 0.15) is 33.1 Å². The summed E-state index contributed by atoms with van der Waals surface area (Å²) in [5, 5.41) is 40.2. The van der Waals surface area contributed by atoms with Crippen molar-refractivity contribution in [2.24, 2.45) is 45.3 Å². The summed E-state index contributed by atoms with van der Waals surface area (Å²) in [7, 11) is 0. The number of aliphatic imine (C=N–C) groups is 1. The number of nitrogens with zero attached hydrogens (tertiary/aromatic N) is 1. The molecule has 0 saturated carbocycles. The Morgan fingerprint density at radius 2 is 1.18 bits per heavy atom. The number of aliphatic carboxylic acids is 5. The summed E-state index contributed by atoms with van der Waals surface area (Å²) in [6.45, 7) is 3.70. The van der Waals surface area contributed by atoms with E-state index in [0.29, 0.717) is 19.4 Å². The van der Waals surface area contributed by atoms with Gasteiger partial charge in [-0.1, -0.05) is 13.8 Å². The Labute approximate surface area is 195 Å². The Kier molecular flexibility index (Phi) is 25.2. The van der Waals surface area contributed by atoms with E-state index in [2.05, 4.69) is 10.7 Å². The first-order valence-electron chi connectivity index (χ1n) is 9.54. The number of guanidine groups is 1. The van der Waals surface area contributed by atoms with Crippen LogP contribution in [0.25, 0.3) is 0 Å². The second-order valence-corrected chi connectivity index (χ2v) is 6.64. The van der Waals surface area contributed by atoms with E-state index in [0.717, 1.165) is 0 Å². The fraction of sp³-hybridized carbons (Fsp3) is 0.647. The van der Waals surface area contributed by atoms with Crippen LogP contribution in [0.15, 0.2) is 4.99 Å². The van der Waals surface area contributed by atoms with Crippen LogP contribution in [-0.4, -0.2) is 92.6 Å². The molecule has 3 atom stereocenters. The average molecular weight is 500 g/mol. The summed E-state index contributed by atoms with van der Waals surface area (Å²) in [6.07, 6.45) is 0.423. The maximum absolute atomic E-state index is 10.2. The van der Waals surface area contributed by atoms with Crippen LogP contribution in [0.3, 0.4) is 0 Å². The molecule has 3 unspecified atom stereocenters. The van der Waals surface area contributed by atoms with Crippen LogP contribution in [0.2, 0.25) is 0 Å². The minimum atomic E-state index is -1.29. The first-order chi connectivity index (χ1) is 15.4. The van der Waals surface area contributed by atoms with Crippen molar-refractivity contribution in [3.63, 3.8) is 0 Å². The van der Waals surface area contributed by atoms with E-state index in [1.165, 1.54) is 0 Å². The summed E-state index contributed by atoms with van der Waals surface area (Å²) in [4.78, 5) is 52.8. The fourth-order valence-corrected chi connectivity index (χ4v) is 1.20. The summed E-state index contributed by atoms with van der Waals surface area (Å²) in [5.41, 5.74) is 29.9. The highest BCUT2D eigenvalue weighted by atomic mass is 16.4. The molecule has 0 aromatic carbocycles. The fourth-order valence-electron chi connectivity index (χ4n) is 1.20. The van der Waals surface area contributed by atoms with Gasteiger partial charge in [0.25, 0.3) is 0 Å². The molecule has 17 nitrogen and oxygen atoms in total. The number of hydrogen-bond donors (Lipinski definition) is 11. The molecule has 0 bridgehead atoms. The second kappa shape index (κ2) is 22.6. The SMILES string of the molecule is CC(C)C(N)C(=O)O.NC(CC(=O)O)C(=O)O.NC(N)=NCCCC(N)C(=O)O.NCC(=O)O. The van der Waals surface area contributed by atoms with Gasteiger partial charge < -0.3 is 59.9 Å². The average Bonchev–Trinajstić information content (AvgIpc) is 2.70. The van der Waals surface area contributed by atoms with Crippen LogP contribution in [0.4, 0.5) is 0 Å². The largest absolute Gasteiger partial charge is 0.481 e. The molecule has 17 heteroatoms. The minimum Gasteiger partial charge on any atom is -0.481 e.